The number of aliphatic hydroxyl groups is 1. The lowest BCUT2D eigenvalue weighted by Crippen LogP contribution is -2.54. The third kappa shape index (κ3) is 4.51. The third-order valence-corrected chi connectivity index (χ3v) is 4.41. The summed E-state index contributed by atoms with van der Waals surface area (Å²) < 4.78 is 10.3. The van der Waals surface area contributed by atoms with Crippen molar-refractivity contribution >= 4 is 0 Å². The summed E-state index contributed by atoms with van der Waals surface area (Å²) in [7, 11) is 1.65. The molecule has 0 radical (unpaired) electrons. The average Bonchev–Trinajstić information content (AvgIpc) is 2.89. The van der Waals surface area contributed by atoms with Gasteiger partial charge in [0.2, 0.25) is 5.89 Å². The predicted molar refractivity (Wildman–Crippen MR) is 83.3 cm³/mol. The summed E-state index contributed by atoms with van der Waals surface area (Å²) in [6.45, 7) is 7.99. The molecule has 126 valence electrons. The molecule has 1 aliphatic rings. The number of nitrogens with one attached hydrogen (secondary N) is 1. The van der Waals surface area contributed by atoms with Gasteiger partial charge in [-0.05, 0) is 30.6 Å². The van der Waals surface area contributed by atoms with Gasteiger partial charge in [0.1, 0.15) is 0 Å². The molecular formula is C16H29N3O3. The van der Waals surface area contributed by atoms with E-state index in [2.05, 4.69) is 36.2 Å². The molecule has 0 aliphatic heterocycles. The van der Waals surface area contributed by atoms with Crippen molar-refractivity contribution in [2.45, 2.75) is 58.5 Å². The molecule has 1 aromatic rings. The van der Waals surface area contributed by atoms with Crippen molar-refractivity contribution < 1.29 is 14.4 Å². The molecule has 2 unspecified atom stereocenters. The summed E-state index contributed by atoms with van der Waals surface area (Å²) in [5, 5.41) is 17.4. The Balaban J connectivity index is 1.97. The number of aliphatic hydroxyl groups excluding tert-OH is 1. The number of aromatic nitrogens is 2. The molecular weight excluding hydrogens is 282 g/mol. The first kappa shape index (κ1) is 17.4. The van der Waals surface area contributed by atoms with E-state index < -0.39 is 0 Å². The fourth-order valence-corrected chi connectivity index (χ4v) is 3.97. The van der Waals surface area contributed by atoms with E-state index in [4.69, 9.17) is 9.26 Å². The quantitative estimate of drug-likeness (QED) is 0.801. The third-order valence-electron chi connectivity index (χ3n) is 4.41. The number of rotatable bonds is 7. The number of methoxy groups -OCH3 is 1. The van der Waals surface area contributed by atoms with Crippen molar-refractivity contribution in [3.8, 4) is 0 Å². The van der Waals surface area contributed by atoms with Crippen molar-refractivity contribution in [1.29, 1.82) is 0 Å². The minimum atomic E-state index is -0.262. The van der Waals surface area contributed by atoms with Gasteiger partial charge in [0.25, 0.3) is 0 Å². The van der Waals surface area contributed by atoms with Gasteiger partial charge < -0.3 is 19.7 Å². The zero-order chi connectivity index (χ0) is 16.2. The van der Waals surface area contributed by atoms with Crippen LogP contribution in [0.4, 0.5) is 0 Å². The number of hydrogen-bond donors (Lipinski definition) is 2. The van der Waals surface area contributed by atoms with E-state index >= 15 is 0 Å². The second-order valence-corrected chi connectivity index (χ2v) is 7.49. The van der Waals surface area contributed by atoms with Crippen LogP contribution >= 0.6 is 0 Å². The molecule has 1 aromatic heterocycles. The van der Waals surface area contributed by atoms with Crippen LogP contribution in [-0.2, 0) is 17.7 Å². The van der Waals surface area contributed by atoms with Gasteiger partial charge in [-0.3, -0.25) is 0 Å². The van der Waals surface area contributed by atoms with Gasteiger partial charge in [0, 0.05) is 19.1 Å². The Morgan fingerprint density at radius 2 is 2.18 bits per heavy atom. The molecule has 2 N–H and O–H groups in total. The number of nitrogens with zero attached hydrogens (tertiary/aromatic N) is 2. The largest absolute Gasteiger partial charge is 0.394 e. The van der Waals surface area contributed by atoms with Gasteiger partial charge in [0.05, 0.1) is 19.8 Å². The molecule has 22 heavy (non-hydrogen) atoms. The molecule has 0 aromatic carbocycles. The number of hydrogen-bond acceptors (Lipinski definition) is 6. The molecule has 1 heterocycles. The van der Waals surface area contributed by atoms with Gasteiger partial charge in [-0.2, -0.15) is 4.98 Å². The van der Waals surface area contributed by atoms with Gasteiger partial charge in [-0.25, -0.2) is 0 Å². The highest BCUT2D eigenvalue weighted by Crippen LogP contribution is 2.43. The van der Waals surface area contributed by atoms with Crippen LogP contribution in [0.2, 0.25) is 0 Å². The molecule has 1 aliphatic carbocycles. The minimum Gasteiger partial charge on any atom is -0.394 e. The van der Waals surface area contributed by atoms with E-state index in [-0.39, 0.29) is 17.6 Å². The summed E-state index contributed by atoms with van der Waals surface area (Å²) in [5.74, 6) is 1.81. The topological polar surface area (TPSA) is 80.4 Å². The van der Waals surface area contributed by atoms with Crippen LogP contribution in [0.1, 0.15) is 51.7 Å². The van der Waals surface area contributed by atoms with Crippen molar-refractivity contribution in [2.24, 2.45) is 11.3 Å². The maximum absolute atomic E-state index is 9.95. The van der Waals surface area contributed by atoms with Crippen molar-refractivity contribution in [3.63, 3.8) is 0 Å². The molecule has 1 saturated carbocycles. The van der Waals surface area contributed by atoms with E-state index in [1.165, 1.54) is 6.42 Å². The lowest BCUT2D eigenvalue weighted by Gasteiger charge is -2.47. The second-order valence-electron chi connectivity index (χ2n) is 7.49. The highest BCUT2D eigenvalue weighted by atomic mass is 16.5. The lowest BCUT2D eigenvalue weighted by molar-refractivity contribution is 0.0335. The van der Waals surface area contributed by atoms with Crippen molar-refractivity contribution in [3.05, 3.63) is 11.7 Å². The first-order chi connectivity index (χ1) is 10.4. The standard InChI is InChI=1S/C16H29N3O3/c1-12-7-15(2,3)10-16(8-12,11-20)17-9-14-18-13(19-22-14)5-6-21-4/h12,17,20H,5-11H2,1-4H3. The van der Waals surface area contributed by atoms with Gasteiger partial charge >= 0.3 is 0 Å². The van der Waals surface area contributed by atoms with E-state index in [0.29, 0.717) is 37.2 Å². The highest BCUT2D eigenvalue weighted by Gasteiger charge is 2.42. The highest BCUT2D eigenvalue weighted by molar-refractivity contribution is 4.99. The van der Waals surface area contributed by atoms with Crippen LogP contribution in [0, 0.1) is 11.3 Å². The van der Waals surface area contributed by atoms with E-state index in [1.807, 2.05) is 0 Å². The Bertz CT molecular complexity index is 475. The van der Waals surface area contributed by atoms with Crippen LogP contribution < -0.4 is 5.32 Å². The Morgan fingerprint density at radius 3 is 2.82 bits per heavy atom. The second kappa shape index (κ2) is 7.06. The Morgan fingerprint density at radius 1 is 1.41 bits per heavy atom. The van der Waals surface area contributed by atoms with Crippen LogP contribution in [0.3, 0.4) is 0 Å². The van der Waals surface area contributed by atoms with Gasteiger partial charge in [0.15, 0.2) is 5.82 Å². The Labute approximate surface area is 132 Å². The van der Waals surface area contributed by atoms with E-state index in [9.17, 15) is 5.11 Å². The molecule has 0 spiro atoms. The molecule has 0 saturated heterocycles. The van der Waals surface area contributed by atoms with Gasteiger partial charge in [-0.1, -0.05) is 25.9 Å². The smallest absolute Gasteiger partial charge is 0.240 e. The molecule has 2 atom stereocenters. The lowest BCUT2D eigenvalue weighted by atomic mass is 9.64. The van der Waals surface area contributed by atoms with Crippen molar-refractivity contribution in [1.82, 2.24) is 15.5 Å². The minimum absolute atomic E-state index is 0.130. The molecule has 1 fully saturated rings. The van der Waals surface area contributed by atoms with Gasteiger partial charge in [-0.15, -0.1) is 0 Å². The zero-order valence-corrected chi connectivity index (χ0v) is 14.2. The first-order valence-corrected chi connectivity index (χ1v) is 8.04. The predicted octanol–water partition coefficient (Wildman–Crippen LogP) is 1.93. The molecule has 6 heteroatoms. The molecule has 0 bridgehead atoms. The van der Waals surface area contributed by atoms with E-state index in [1.54, 1.807) is 7.11 Å². The summed E-state index contributed by atoms with van der Waals surface area (Å²) in [6.07, 6.45) is 3.76. The summed E-state index contributed by atoms with van der Waals surface area (Å²) >= 11 is 0. The molecule has 0 amide bonds. The maximum atomic E-state index is 9.95. The fraction of sp³-hybridized carbons (Fsp3) is 0.875. The molecule has 6 nitrogen and oxygen atoms in total. The van der Waals surface area contributed by atoms with Crippen molar-refractivity contribution in [2.75, 3.05) is 20.3 Å². The average molecular weight is 311 g/mol. The monoisotopic (exact) mass is 311 g/mol. The summed E-state index contributed by atoms with van der Waals surface area (Å²) in [6, 6.07) is 0. The van der Waals surface area contributed by atoms with Crippen LogP contribution in [0.15, 0.2) is 4.52 Å². The fourth-order valence-electron chi connectivity index (χ4n) is 3.97. The summed E-state index contributed by atoms with van der Waals surface area (Å²) in [5.41, 5.74) is -0.0335. The molecule has 2 rings (SSSR count). The summed E-state index contributed by atoms with van der Waals surface area (Å²) in [4.78, 5) is 4.35. The van der Waals surface area contributed by atoms with Crippen LogP contribution in [-0.4, -0.2) is 41.1 Å². The Kier molecular flexibility index (Phi) is 5.58. The Hall–Kier alpha value is -0.980. The van der Waals surface area contributed by atoms with Crippen LogP contribution in [0.5, 0.6) is 0 Å². The SMILES string of the molecule is COCCc1noc(CNC2(CO)CC(C)CC(C)(C)C2)n1. The van der Waals surface area contributed by atoms with Crippen LogP contribution in [0.25, 0.3) is 0 Å². The first-order valence-electron chi connectivity index (χ1n) is 8.04. The maximum Gasteiger partial charge on any atom is 0.240 e. The van der Waals surface area contributed by atoms with E-state index in [0.717, 1.165) is 12.8 Å². The zero-order valence-electron chi connectivity index (χ0n) is 14.2. The number of ether oxygens (including phenoxy) is 1. The normalized spacial score (nSPS) is 28.0.